The van der Waals surface area contributed by atoms with Gasteiger partial charge in [0.2, 0.25) is 11.8 Å². The molecule has 0 N–H and O–H groups in total. The molecular formula is C22H25N3O2. The number of carbonyl (C=O) groups is 2. The topological polar surface area (TPSA) is 53.5 Å². The van der Waals surface area contributed by atoms with Crippen molar-refractivity contribution in [1.82, 2.24) is 14.8 Å². The Bertz CT molecular complexity index is 794. The smallest absolute Gasteiger partial charge is 0.228 e. The number of pyridine rings is 1. The highest BCUT2D eigenvalue weighted by Crippen LogP contribution is 2.33. The van der Waals surface area contributed by atoms with Crippen molar-refractivity contribution >= 4 is 11.8 Å². The third-order valence-corrected chi connectivity index (χ3v) is 5.64. The summed E-state index contributed by atoms with van der Waals surface area (Å²) in [6, 6.07) is 14.0. The van der Waals surface area contributed by atoms with Crippen LogP contribution < -0.4 is 0 Å². The van der Waals surface area contributed by atoms with Crippen LogP contribution in [0.4, 0.5) is 0 Å². The zero-order chi connectivity index (χ0) is 18.6. The number of piperidine rings is 1. The third-order valence-electron chi connectivity index (χ3n) is 5.64. The summed E-state index contributed by atoms with van der Waals surface area (Å²) in [7, 11) is 0. The van der Waals surface area contributed by atoms with Crippen molar-refractivity contribution in [3.05, 3.63) is 66.0 Å². The van der Waals surface area contributed by atoms with Gasteiger partial charge in [-0.3, -0.25) is 14.6 Å². The maximum absolute atomic E-state index is 13.3. The van der Waals surface area contributed by atoms with Crippen LogP contribution in [0, 0.1) is 5.92 Å². The molecule has 2 aromatic rings. The predicted octanol–water partition coefficient (Wildman–Crippen LogP) is 3.18. The molecule has 5 nitrogen and oxygen atoms in total. The molecule has 2 aliphatic heterocycles. The van der Waals surface area contributed by atoms with Crippen LogP contribution in [0.25, 0.3) is 0 Å². The van der Waals surface area contributed by atoms with E-state index in [4.69, 9.17) is 0 Å². The molecule has 0 radical (unpaired) electrons. The first-order valence-electron chi connectivity index (χ1n) is 9.74. The minimum atomic E-state index is -0.238. The molecule has 140 valence electrons. The molecule has 4 rings (SSSR count). The molecule has 0 unspecified atom stereocenters. The Morgan fingerprint density at radius 3 is 2.74 bits per heavy atom. The van der Waals surface area contributed by atoms with E-state index in [1.807, 2.05) is 58.5 Å². The molecule has 2 saturated heterocycles. The molecule has 3 heterocycles. The summed E-state index contributed by atoms with van der Waals surface area (Å²) in [5.74, 6) is -0.0434. The second-order valence-corrected chi connectivity index (χ2v) is 7.49. The molecule has 0 saturated carbocycles. The van der Waals surface area contributed by atoms with Crippen molar-refractivity contribution in [3.8, 4) is 0 Å². The summed E-state index contributed by atoms with van der Waals surface area (Å²) >= 11 is 0. The van der Waals surface area contributed by atoms with Crippen LogP contribution in [0.15, 0.2) is 54.9 Å². The summed E-state index contributed by atoms with van der Waals surface area (Å²) in [5, 5.41) is 0. The lowest BCUT2D eigenvalue weighted by Crippen LogP contribution is -2.42. The molecule has 0 bridgehead atoms. The fourth-order valence-corrected chi connectivity index (χ4v) is 4.24. The maximum Gasteiger partial charge on any atom is 0.228 e. The molecule has 2 aliphatic rings. The van der Waals surface area contributed by atoms with Gasteiger partial charge in [0.25, 0.3) is 0 Å². The highest BCUT2D eigenvalue weighted by molar-refractivity contribution is 5.89. The zero-order valence-corrected chi connectivity index (χ0v) is 15.5. The summed E-state index contributed by atoms with van der Waals surface area (Å²) < 4.78 is 0. The lowest BCUT2D eigenvalue weighted by atomic mass is 9.94. The Balaban J connectivity index is 1.46. The Kier molecular flexibility index (Phi) is 5.19. The first kappa shape index (κ1) is 17.7. The van der Waals surface area contributed by atoms with E-state index < -0.39 is 0 Å². The van der Waals surface area contributed by atoms with Crippen molar-refractivity contribution in [2.45, 2.75) is 38.3 Å². The first-order chi connectivity index (χ1) is 13.2. The van der Waals surface area contributed by atoms with Gasteiger partial charge in [-0.25, -0.2) is 0 Å². The number of likely N-dealkylation sites (tertiary alicyclic amines) is 2. The van der Waals surface area contributed by atoms with Crippen LogP contribution in [0.2, 0.25) is 0 Å². The van der Waals surface area contributed by atoms with E-state index in [0.29, 0.717) is 19.5 Å². The van der Waals surface area contributed by atoms with E-state index in [-0.39, 0.29) is 23.8 Å². The van der Waals surface area contributed by atoms with Gasteiger partial charge in [-0.15, -0.1) is 0 Å². The average Bonchev–Trinajstić information content (AvgIpc) is 3.09. The number of rotatable bonds is 4. The van der Waals surface area contributed by atoms with Crippen molar-refractivity contribution in [3.63, 3.8) is 0 Å². The number of amides is 2. The quantitative estimate of drug-likeness (QED) is 0.838. The molecule has 5 heteroatoms. The van der Waals surface area contributed by atoms with Crippen LogP contribution in [-0.2, 0) is 16.1 Å². The summed E-state index contributed by atoms with van der Waals surface area (Å²) in [6.07, 6.45) is 7.05. The van der Waals surface area contributed by atoms with Crippen LogP contribution in [-0.4, -0.2) is 39.7 Å². The van der Waals surface area contributed by atoms with Crippen molar-refractivity contribution in [1.29, 1.82) is 0 Å². The molecular weight excluding hydrogens is 338 g/mol. The van der Waals surface area contributed by atoms with Gasteiger partial charge in [0, 0.05) is 38.4 Å². The standard InChI is InChI=1S/C22H25N3O2/c26-21-13-19(16-24(21)15-17-7-2-1-3-8-17)22(27)25-12-5-4-10-20(25)18-9-6-11-23-14-18/h1-3,6-9,11,14,19-20H,4-5,10,12-13,15-16H2/t19-,20+/m0/s1. The van der Waals surface area contributed by atoms with E-state index in [1.54, 1.807) is 6.20 Å². The Morgan fingerprint density at radius 2 is 1.96 bits per heavy atom. The Labute approximate surface area is 160 Å². The van der Waals surface area contributed by atoms with Gasteiger partial charge in [0.15, 0.2) is 0 Å². The van der Waals surface area contributed by atoms with Gasteiger partial charge in [0.05, 0.1) is 12.0 Å². The minimum absolute atomic E-state index is 0.0761. The Hall–Kier alpha value is -2.69. The van der Waals surface area contributed by atoms with Crippen LogP contribution in [0.3, 0.4) is 0 Å². The van der Waals surface area contributed by atoms with Gasteiger partial charge >= 0.3 is 0 Å². The number of aromatic nitrogens is 1. The summed E-state index contributed by atoms with van der Waals surface area (Å²) in [6.45, 7) is 1.86. The lowest BCUT2D eigenvalue weighted by molar-refractivity contribution is -0.139. The van der Waals surface area contributed by atoms with Crippen LogP contribution in [0.5, 0.6) is 0 Å². The summed E-state index contributed by atoms with van der Waals surface area (Å²) in [5.41, 5.74) is 2.20. The van der Waals surface area contributed by atoms with Gasteiger partial charge in [-0.2, -0.15) is 0 Å². The van der Waals surface area contributed by atoms with E-state index in [2.05, 4.69) is 4.98 Å². The second-order valence-electron chi connectivity index (χ2n) is 7.49. The molecule has 2 atom stereocenters. The van der Waals surface area contributed by atoms with Crippen LogP contribution in [0.1, 0.15) is 42.9 Å². The van der Waals surface area contributed by atoms with Gasteiger partial charge < -0.3 is 9.80 Å². The van der Waals surface area contributed by atoms with Crippen molar-refractivity contribution < 1.29 is 9.59 Å². The van der Waals surface area contributed by atoms with E-state index in [0.717, 1.165) is 36.9 Å². The van der Waals surface area contributed by atoms with Crippen LogP contribution >= 0.6 is 0 Å². The molecule has 0 aliphatic carbocycles. The average molecular weight is 363 g/mol. The van der Waals surface area contributed by atoms with E-state index >= 15 is 0 Å². The number of carbonyl (C=O) groups excluding carboxylic acids is 2. The second kappa shape index (κ2) is 7.91. The SMILES string of the molecule is O=C1C[C@H](C(=O)N2CCCC[C@@H]2c2cccnc2)CN1Cc1ccccc1. The van der Waals surface area contributed by atoms with Crippen molar-refractivity contribution in [2.75, 3.05) is 13.1 Å². The molecule has 2 amide bonds. The summed E-state index contributed by atoms with van der Waals surface area (Å²) in [4.78, 5) is 33.8. The fraction of sp³-hybridized carbons (Fsp3) is 0.409. The van der Waals surface area contributed by atoms with Gasteiger partial charge in [-0.1, -0.05) is 36.4 Å². The molecule has 2 fully saturated rings. The predicted molar refractivity (Wildman–Crippen MR) is 103 cm³/mol. The number of hydrogen-bond acceptors (Lipinski definition) is 3. The monoisotopic (exact) mass is 363 g/mol. The molecule has 1 aromatic heterocycles. The van der Waals surface area contributed by atoms with Gasteiger partial charge in [0.1, 0.15) is 0 Å². The number of nitrogens with zero attached hydrogens (tertiary/aromatic N) is 3. The maximum atomic E-state index is 13.3. The first-order valence-corrected chi connectivity index (χ1v) is 9.74. The Morgan fingerprint density at radius 1 is 1.11 bits per heavy atom. The highest BCUT2D eigenvalue weighted by atomic mass is 16.2. The van der Waals surface area contributed by atoms with E-state index in [1.165, 1.54) is 0 Å². The lowest BCUT2D eigenvalue weighted by Gasteiger charge is -2.37. The number of benzene rings is 1. The molecule has 1 aromatic carbocycles. The van der Waals surface area contributed by atoms with Crippen molar-refractivity contribution in [2.24, 2.45) is 5.92 Å². The highest BCUT2D eigenvalue weighted by Gasteiger charge is 2.39. The fourth-order valence-electron chi connectivity index (χ4n) is 4.24. The molecule has 0 spiro atoms. The number of hydrogen-bond donors (Lipinski definition) is 0. The normalized spacial score (nSPS) is 22.9. The third kappa shape index (κ3) is 3.87. The zero-order valence-electron chi connectivity index (χ0n) is 15.5. The largest absolute Gasteiger partial charge is 0.338 e. The van der Waals surface area contributed by atoms with E-state index in [9.17, 15) is 9.59 Å². The van der Waals surface area contributed by atoms with Gasteiger partial charge in [-0.05, 0) is 36.5 Å². The minimum Gasteiger partial charge on any atom is -0.338 e. The molecule has 27 heavy (non-hydrogen) atoms.